The fourth-order valence-corrected chi connectivity index (χ4v) is 2.87. The fraction of sp³-hybridized carbons (Fsp3) is 0.647. The Morgan fingerprint density at radius 2 is 2.05 bits per heavy atom. The van der Waals surface area contributed by atoms with Gasteiger partial charge in [-0.25, -0.2) is 0 Å². The summed E-state index contributed by atoms with van der Waals surface area (Å²) in [5.41, 5.74) is 1.39. The summed E-state index contributed by atoms with van der Waals surface area (Å²) < 4.78 is 0. The molecule has 1 aromatic rings. The van der Waals surface area contributed by atoms with Crippen LogP contribution in [0.4, 0.5) is 0 Å². The molecule has 0 radical (unpaired) electrons. The van der Waals surface area contributed by atoms with Crippen LogP contribution in [0.5, 0.6) is 0 Å². The first-order valence-electron chi connectivity index (χ1n) is 7.82. The molecule has 3 atom stereocenters. The van der Waals surface area contributed by atoms with Gasteiger partial charge in [0, 0.05) is 31.8 Å². The molecule has 0 aromatic heterocycles. The van der Waals surface area contributed by atoms with Gasteiger partial charge < -0.3 is 10.4 Å². The smallest absolute Gasteiger partial charge is 0.0471 e. The zero-order valence-corrected chi connectivity index (χ0v) is 12.8. The number of rotatable bonds is 6. The molecule has 1 aromatic carbocycles. The van der Waals surface area contributed by atoms with E-state index in [-0.39, 0.29) is 6.61 Å². The second-order valence-electron chi connectivity index (χ2n) is 6.18. The molecule has 1 heterocycles. The number of hydrogen-bond acceptors (Lipinski definition) is 3. The van der Waals surface area contributed by atoms with Crippen LogP contribution in [0.1, 0.15) is 32.3 Å². The molecule has 0 aliphatic carbocycles. The molecule has 2 rings (SSSR count). The molecule has 1 aliphatic heterocycles. The van der Waals surface area contributed by atoms with E-state index in [0.717, 1.165) is 13.1 Å². The maximum Gasteiger partial charge on any atom is 0.0471 e. The van der Waals surface area contributed by atoms with Crippen LogP contribution in [0.2, 0.25) is 0 Å². The van der Waals surface area contributed by atoms with Crippen LogP contribution in [0.3, 0.4) is 0 Å². The van der Waals surface area contributed by atoms with E-state index in [9.17, 15) is 5.11 Å². The van der Waals surface area contributed by atoms with Crippen LogP contribution in [0, 0.1) is 5.92 Å². The van der Waals surface area contributed by atoms with Gasteiger partial charge in [-0.3, -0.25) is 4.90 Å². The Hall–Kier alpha value is -0.900. The summed E-state index contributed by atoms with van der Waals surface area (Å²) in [5.74, 6) is 0.319. The van der Waals surface area contributed by atoms with E-state index in [2.05, 4.69) is 54.4 Å². The molecule has 20 heavy (non-hydrogen) atoms. The van der Waals surface area contributed by atoms with Crippen molar-refractivity contribution in [2.24, 2.45) is 5.92 Å². The summed E-state index contributed by atoms with van der Waals surface area (Å²) >= 11 is 0. The summed E-state index contributed by atoms with van der Waals surface area (Å²) in [6, 6.07) is 11.6. The van der Waals surface area contributed by atoms with Crippen molar-refractivity contribution in [1.29, 1.82) is 0 Å². The van der Waals surface area contributed by atoms with E-state index >= 15 is 0 Å². The second-order valence-corrected chi connectivity index (χ2v) is 6.18. The highest BCUT2D eigenvalue weighted by Gasteiger charge is 2.22. The average Bonchev–Trinajstić information content (AvgIpc) is 2.47. The normalized spacial score (nSPS) is 23.4. The molecule has 1 aliphatic rings. The first-order chi connectivity index (χ1) is 9.69. The van der Waals surface area contributed by atoms with Crippen LogP contribution in [-0.4, -0.2) is 41.8 Å². The van der Waals surface area contributed by atoms with Gasteiger partial charge in [0.05, 0.1) is 0 Å². The van der Waals surface area contributed by atoms with Crippen LogP contribution >= 0.6 is 0 Å². The molecule has 3 heteroatoms. The van der Waals surface area contributed by atoms with Crippen molar-refractivity contribution in [3.8, 4) is 0 Å². The zero-order chi connectivity index (χ0) is 14.4. The van der Waals surface area contributed by atoms with Crippen molar-refractivity contribution in [2.45, 2.75) is 45.3 Å². The molecule has 1 saturated heterocycles. The minimum atomic E-state index is 0.259. The van der Waals surface area contributed by atoms with Gasteiger partial charge in [-0.1, -0.05) is 37.3 Å². The summed E-state index contributed by atoms with van der Waals surface area (Å²) in [5, 5.41) is 12.9. The van der Waals surface area contributed by atoms with Gasteiger partial charge >= 0.3 is 0 Å². The van der Waals surface area contributed by atoms with Gasteiger partial charge in [-0.15, -0.1) is 0 Å². The number of benzene rings is 1. The Morgan fingerprint density at radius 3 is 2.75 bits per heavy atom. The summed E-state index contributed by atoms with van der Waals surface area (Å²) in [4.78, 5) is 2.53. The fourth-order valence-electron chi connectivity index (χ4n) is 2.87. The van der Waals surface area contributed by atoms with Gasteiger partial charge in [-0.2, -0.15) is 0 Å². The third kappa shape index (κ3) is 4.58. The number of likely N-dealkylation sites (tertiary alicyclic amines) is 1. The summed E-state index contributed by atoms with van der Waals surface area (Å²) in [6.45, 7) is 7.88. The SMILES string of the molecule is CC(CO)C(C)NC1CCCN(Cc2ccccc2)C1. The number of nitrogens with zero attached hydrogens (tertiary/aromatic N) is 1. The lowest BCUT2D eigenvalue weighted by molar-refractivity contribution is 0.154. The molecule has 0 amide bonds. The molecular weight excluding hydrogens is 248 g/mol. The standard InChI is InChI=1S/C17H28N2O/c1-14(13-20)15(2)18-17-9-6-10-19(12-17)11-16-7-4-3-5-8-16/h3-5,7-8,14-15,17-18,20H,6,9-13H2,1-2H3. The Labute approximate surface area is 123 Å². The van der Waals surface area contributed by atoms with E-state index in [1.54, 1.807) is 0 Å². The van der Waals surface area contributed by atoms with E-state index < -0.39 is 0 Å². The molecule has 0 spiro atoms. The predicted molar refractivity (Wildman–Crippen MR) is 83.6 cm³/mol. The number of hydrogen-bond donors (Lipinski definition) is 2. The van der Waals surface area contributed by atoms with Crippen molar-refractivity contribution in [3.05, 3.63) is 35.9 Å². The molecule has 1 fully saturated rings. The van der Waals surface area contributed by atoms with Gasteiger partial charge in [0.1, 0.15) is 0 Å². The lowest BCUT2D eigenvalue weighted by Crippen LogP contribution is -2.49. The third-order valence-electron chi connectivity index (χ3n) is 4.39. The van der Waals surface area contributed by atoms with Gasteiger partial charge in [0.15, 0.2) is 0 Å². The van der Waals surface area contributed by atoms with Crippen LogP contribution in [0.25, 0.3) is 0 Å². The Bertz CT molecular complexity index is 382. The monoisotopic (exact) mass is 276 g/mol. The average molecular weight is 276 g/mol. The number of aliphatic hydroxyl groups is 1. The highest BCUT2D eigenvalue weighted by molar-refractivity contribution is 5.14. The lowest BCUT2D eigenvalue weighted by Gasteiger charge is -2.35. The Morgan fingerprint density at radius 1 is 1.30 bits per heavy atom. The highest BCUT2D eigenvalue weighted by Crippen LogP contribution is 2.15. The quantitative estimate of drug-likeness (QED) is 0.836. The number of nitrogens with one attached hydrogen (secondary N) is 1. The van der Waals surface area contributed by atoms with Crippen molar-refractivity contribution in [1.82, 2.24) is 10.2 Å². The number of aliphatic hydroxyl groups excluding tert-OH is 1. The Kier molecular flexibility index (Phi) is 6.02. The van der Waals surface area contributed by atoms with E-state index in [1.807, 2.05) is 0 Å². The van der Waals surface area contributed by atoms with E-state index in [1.165, 1.54) is 24.9 Å². The maximum absolute atomic E-state index is 9.23. The molecule has 3 nitrogen and oxygen atoms in total. The third-order valence-corrected chi connectivity index (χ3v) is 4.39. The maximum atomic E-state index is 9.23. The highest BCUT2D eigenvalue weighted by atomic mass is 16.3. The van der Waals surface area contributed by atoms with Gasteiger partial charge in [0.2, 0.25) is 0 Å². The lowest BCUT2D eigenvalue weighted by atomic mass is 10.00. The van der Waals surface area contributed by atoms with Crippen molar-refractivity contribution in [2.75, 3.05) is 19.7 Å². The predicted octanol–water partition coefficient (Wildman–Crippen LogP) is 2.26. The van der Waals surface area contributed by atoms with E-state index in [4.69, 9.17) is 0 Å². The van der Waals surface area contributed by atoms with Crippen molar-refractivity contribution < 1.29 is 5.11 Å². The summed E-state index contributed by atoms with van der Waals surface area (Å²) in [7, 11) is 0. The zero-order valence-electron chi connectivity index (χ0n) is 12.8. The van der Waals surface area contributed by atoms with Crippen LogP contribution in [-0.2, 0) is 6.54 Å². The molecular formula is C17H28N2O. The molecule has 3 unspecified atom stereocenters. The summed E-state index contributed by atoms with van der Waals surface area (Å²) in [6.07, 6.45) is 2.50. The van der Waals surface area contributed by atoms with Crippen LogP contribution in [0.15, 0.2) is 30.3 Å². The van der Waals surface area contributed by atoms with E-state index in [0.29, 0.717) is 18.0 Å². The minimum absolute atomic E-state index is 0.259. The van der Waals surface area contributed by atoms with Crippen LogP contribution < -0.4 is 5.32 Å². The topological polar surface area (TPSA) is 35.5 Å². The van der Waals surface area contributed by atoms with Gasteiger partial charge in [0.25, 0.3) is 0 Å². The first kappa shape index (κ1) is 15.5. The largest absolute Gasteiger partial charge is 0.396 e. The van der Waals surface area contributed by atoms with Gasteiger partial charge in [-0.05, 0) is 37.8 Å². The second kappa shape index (κ2) is 7.77. The van der Waals surface area contributed by atoms with Crippen molar-refractivity contribution in [3.63, 3.8) is 0 Å². The van der Waals surface area contributed by atoms with Crippen molar-refractivity contribution >= 4 is 0 Å². The minimum Gasteiger partial charge on any atom is -0.396 e. The first-order valence-corrected chi connectivity index (χ1v) is 7.82. The number of piperidine rings is 1. The molecule has 112 valence electrons. The molecule has 0 bridgehead atoms. The Balaban J connectivity index is 1.82. The molecule has 0 saturated carbocycles. The molecule has 2 N–H and O–H groups in total.